The zero-order valence-corrected chi connectivity index (χ0v) is 11.1. The van der Waals surface area contributed by atoms with E-state index in [1.165, 1.54) is 24.8 Å². The van der Waals surface area contributed by atoms with Crippen molar-refractivity contribution in [3.8, 4) is 12.1 Å². The van der Waals surface area contributed by atoms with Crippen LogP contribution in [-0.2, 0) is 4.79 Å². The van der Waals surface area contributed by atoms with E-state index < -0.39 is 10.8 Å². The summed E-state index contributed by atoms with van der Waals surface area (Å²) in [5.74, 6) is -0.202. The van der Waals surface area contributed by atoms with Crippen molar-refractivity contribution in [1.82, 2.24) is 0 Å². The van der Waals surface area contributed by atoms with E-state index in [4.69, 9.17) is 0 Å². The van der Waals surface area contributed by atoms with Crippen LogP contribution in [0.5, 0.6) is 0 Å². The Hall–Kier alpha value is -1.61. The Morgan fingerprint density at radius 3 is 2.53 bits per heavy atom. The maximum Gasteiger partial charge on any atom is 0.164 e. The smallest absolute Gasteiger partial charge is 0.164 e. The number of rotatable bonds is 1. The number of carbonyl (C=O) groups is 1. The third-order valence-corrected chi connectivity index (χ3v) is 5.35. The fourth-order valence-electron chi connectivity index (χ4n) is 4.41. The molecule has 2 unspecified atom stereocenters. The second-order valence-corrected chi connectivity index (χ2v) is 6.08. The highest BCUT2D eigenvalue weighted by Crippen LogP contribution is 2.78. The van der Waals surface area contributed by atoms with Crippen LogP contribution in [0.15, 0.2) is 11.6 Å². The lowest BCUT2D eigenvalue weighted by atomic mass is 9.80. The number of nitrogens with zero attached hydrogens (tertiary/aromatic N) is 2. The second kappa shape index (κ2) is 4.20. The van der Waals surface area contributed by atoms with Crippen molar-refractivity contribution in [3.05, 3.63) is 11.6 Å². The van der Waals surface area contributed by atoms with Gasteiger partial charge < -0.3 is 0 Å². The maximum absolute atomic E-state index is 12.0. The van der Waals surface area contributed by atoms with Crippen molar-refractivity contribution in [2.24, 2.45) is 16.7 Å². The summed E-state index contributed by atoms with van der Waals surface area (Å²) in [6, 6.07) is 4.37. The van der Waals surface area contributed by atoms with Crippen LogP contribution in [-0.4, -0.2) is 5.78 Å². The fourth-order valence-corrected chi connectivity index (χ4v) is 4.41. The molecule has 19 heavy (non-hydrogen) atoms. The van der Waals surface area contributed by atoms with Crippen molar-refractivity contribution >= 4 is 5.78 Å². The molecule has 0 aromatic heterocycles. The summed E-state index contributed by atoms with van der Waals surface area (Å²) in [4.78, 5) is 12.0. The molecular formula is C16H18N2O. The molecule has 0 bridgehead atoms. The number of carbonyl (C=O) groups excluding carboxylic acids is 1. The van der Waals surface area contributed by atoms with Gasteiger partial charge in [0.25, 0.3) is 0 Å². The molecule has 3 rings (SSSR count). The maximum atomic E-state index is 12.0. The topological polar surface area (TPSA) is 64.7 Å². The minimum Gasteiger partial charge on any atom is -0.299 e. The molecule has 0 aliphatic heterocycles. The first-order valence-electron chi connectivity index (χ1n) is 7.27. The first kappa shape index (κ1) is 12.4. The Morgan fingerprint density at radius 1 is 1.11 bits per heavy atom. The average molecular weight is 254 g/mol. The van der Waals surface area contributed by atoms with Gasteiger partial charge in [0.15, 0.2) is 5.41 Å². The van der Waals surface area contributed by atoms with Gasteiger partial charge in [0.1, 0.15) is 5.78 Å². The van der Waals surface area contributed by atoms with Gasteiger partial charge in [0.05, 0.1) is 18.1 Å². The fraction of sp³-hybridized carbons (Fsp3) is 0.688. The van der Waals surface area contributed by atoms with E-state index in [1.807, 2.05) is 0 Å². The molecule has 2 atom stereocenters. The van der Waals surface area contributed by atoms with E-state index >= 15 is 0 Å². The summed E-state index contributed by atoms with van der Waals surface area (Å²) in [7, 11) is 0. The highest BCUT2D eigenvalue weighted by Gasteiger charge is 2.84. The van der Waals surface area contributed by atoms with E-state index in [9.17, 15) is 15.3 Å². The van der Waals surface area contributed by atoms with Crippen molar-refractivity contribution in [2.45, 2.75) is 51.4 Å². The van der Waals surface area contributed by atoms with Crippen LogP contribution in [0.25, 0.3) is 0 Å². The zero-order valence-electron chi connectivity index (χ0n) is 11.1. The van der Waals surface area contributed by atoms with Crippen LogP contribution in [0.3, 0.4) is 0 Å². The van der Waals surface area contributed by atoms with Gasteiger partial charge in [-0.1, -0.05) is 24.5 Å². The number of Topliss-reactive ketones (excluding diaryl/α,β-unsaturated/α-hetero) is 1. The molecule has 0 N–H and O–H groups in total. The van der Waals surface area contributed by atoms with Gasteiger partial charge in [-0.3, -0.25) is 4.79 Å². The highest BCUT2D eigenvalue weighted by atomic mass is 16.1. The number of allylic oxidation sites excluding steroid dienone is 2. The molecule has 2 fully saturated rings. The molecule has 0 aromatic rings. The summed E-state index contributed by atoms with van der Waals surface area (Å²) in [5, 5.41) is 18.9. The van der Waals surface area contributed by atoms with Crippen LogP contribution in [0.1, 0.15) is 51.4 Å². The van der Waals surface area contributed by atoms with Crippen LogP contribution in [0.2, 0.25) is 0 Å². The Kier molecular flexibility index (Phi) is 2.75. The summed E-state index contributed by atoms with van der Waals surface area (Å²) >= 11 is 0. The first-order valence-corrected chi connectivity index (χ1v) is 7.27. The predicted octanol–water partition coefficient (Wildman–Crippen LogP) is 3.28. The summed E-state index contributed by atoms with van der Waals surface area (Å²) in [6.07, 6.45) is 10.3. The number of nitriles is 2. The third kappa shape index (κ3) is 1.39. The van der Waals surface area contributed by atoms with Crippen molar-refractivity contribution in [2.75, 3.05) is 0 Å². The van der Waals surface area contributed by atoms with E-state index in [2.05, 4.69) is 18.2 Å². The molecular weight excluding hydrogens is 236 g/mol. The van der Waals surface area contributed by atoms with Gasteiger partial charge in [-0.2, -0.15) is 10.5 Å². The summed E-state index contributed by atoms with van der Waals surface area (Å²) in [5.41, 5.74) is -0.218. The van der Waals surface area contributed by atoms with Gasteiger partial charge in [0, 0.05) is 11.8 Å². The zero-order chi connectivity index (χ0) is 13.5. The Balaban J connectivity index is 2.01. The van der Waals surface area contributed by atoms with Crippen LogP contribution in [0.4, 0.5) is 0 Å². The number of fused-ring (bicyclic) bond motifs is 1. The minimum absolute atomic E-state index is 0.131. The molecule has 0 heterocycles. The van der Waals surface area contributed by atoms with Gasteiger partial charge >= 0.3 is 0 Å². The third-order valence-electron chi connectivity index (χ3n) is 5.35. The largest absolute Gasteiger partial charge is 0.299 e. The number of ketones is 1. The minimum atomic E-state index is -1.05. The molecule has 0 spiro atoms. The first-order chi connectivity index (χ1) is 9.23. The SMILES string of the molecule is N#CC1(C#N)C2C(=O)CCC21/C1=C/CCCCCC1. The lowest BCUT2D eigenvalue weighted by molar-refractivity contribution is -0.119. The molecule has 0 radical (unpaired) electrons. The summed E-state index contributed by atoms with van der Waals surface area (Å²) < 4.78 is 0. The van der Waals surface area contributed by atoms with Gasteiger partial charge in [0.2, 0.25) is 0 Å². The van der Waals surface area contributed by atoms with E-state index in [-0.39, 0.29) is 11.7 Å². The van der Waals surface area contributed by atoms with Crippen LogP contribution >= 0.6 is 0 Å². The Labute approximate surface area is 113 Å². The molecule has 3 aliphatic carbocycles. The quantitative estimate of drug-likeness (QED) is 0.674. The van der Waals surface area contributed by atoms with Crippen LogP contribution in [0, 0.1) is 39.4 Å². The highest BCUT2D eigenvalue weighted by molar-refractivity contribution is 5.93. The molecule has 3 heteroatoms. The molecule has 3 nitrogen and oxygen atoms in total. The lowest BCUT2D eigenvalue weighted by Gasteiger charge is -2.21. The lowest BCUT2D eigenvalue weighted by Crippen LogP contribution is -2.16. The normalized spacial score (nSPS) is 38.9. The summed E-state index contributed by atoms with van der Waals surface area (Å²) in [6.45, 7) is 0. The van der Waals surface area contributed by atoms with Gasteiger partial charge in [-0.15, -0.1) is 0 Å². The van der Waals surface area contributed by atoms with Gasteiger partial charge in [-0.05, 0) is 32.1 Å². The monoisotopic (exact) mass is 254 g/mol. The van der Waals surface area contributed by atoms with Gasteiger partial charge in [-0.25, -0.2) is 0 Å². The Morgan fingerprint density at radius 2 is 1.84 bits per heavy atom. The van der Waals surface area contributed by atoms with E-state index in [0.29, 0.717) is 12.8 Å². The number of hydrogen-bond donors (Lipinski definition) is 0. The molecule has 2 saturated carbocycles. The number of hydrogen-bond acceptors (Lipinski definition) is 3. The molecule has 98 valence electrons. The molecule has 3 aliphatic rings. The van der Waals surface area contributed by atoms with E-state index in [1.54, 1.807) is 0 Å². The van der Waals surface area contributed by atoms with Crippen molar-refractivity contribution < 1.29 is 4.79 Å². The Bertz CT molecular complexity index is 520. The second-order valence-electron chi connectivity index (χ2n) is 6.08. The molecule has 0 saturated heterocycles. The predicted molar refractivity (Wildman–Crippen MR) is 69.6 cm³/mol. The molecule has 0 amide bonds. The van der Waals surface area contributed by atoms with Crippen molar-refractivity contribution in [3.63, 3.8) is 0 Å². The molecule has 0 aromatic carbocycles. The van der Waals surface area contributed by atoms with E-state index in [0.717, 1.165) is 19.3 Å². The van der Waals surface area contributed by atoms with Crippen molar-refractivity contribution in [1.29, 1.82) is 10.5 Å². The van der Waals surface area contributed by atoms with Crippen LogP contribution < -0.4 is 0 Å². The standard InChI is InChI=1S/C16H18N2O/c17-10-15(11-18)14-13(19)8-9-16(14,15)12-6-4-2-1-3-5-7-12/h6,14H,1-5,7-9H2/b12-6+. The average Bonchev–Trinajstić information content (AvgIpc) is 2.83.